The van der Waals surface area contributed by atoms with Crippen molar-refractivity contribution < 1.29 is 43.0 Å². The summed E-state index contributed by atoms with van der Waals surface area (Å²) in [5.74, 6) is -0.872. The Kier molecular flexibility index (Phi) is 16.5. The zero-order chi connectivity index (χ0) is 40.5. The summed E-state index contributed by atoms with van der Waals surface area (Å²) in [6, 6.07) is 17.4. The molecule has 15 nitrogen and oxygen atoms in total. The summed E-state index contributed by atoms with van der Waals surface area (Å²) >= 11 is 0. The highest BCUT2D eigenvalue weighted by atomic mass is 16.5. The number of aryl methyl sites for hydroxylation is 1. The second-order valence-electron chi connectivity index (χ2n) is 13.4. The molecule has 0 fully saturated rings. The number of carbonyl (C=O) groups is 6. The van der Waals surface area contributed by atoms with Crippen molar-refractivity contribution in [2.24, 2.45) is 0 Å². The van der Waals surface area contributed by atoms with E-state index in [4.69, 9.17) is 14.2 Å². The number of rotatable bonds is 9. The van der Waals surface area contributed by atoms with Gasteiger partial charge in [-0.15, -0.1) is 0 Å². The predicted octanol–water partition coefficient (Wildman–Crippen LogP) is 3.00. The summed E-state index contributed by atoms with van der Waals surface area (Å²) < 4.78 is 17.2. The van der Waals surface area contributed by atoms with Gasteiger partial charge in [0.25, 0.3) is 5.91 Å². The number of fused-ring (bicyclic) bond motifs is 18. The number of carbonyl (C=O) groups excluding carboxylic acids is 6. The lowest BCUT2D eigenvalue weighted by molar-refractivity contribution is -0.137. The van der Waals surface area contributed by atoms with E-state index in [2.05, 4.69) is 26.6 Å². The molecule has 2 atom stereocenters. The highest BCUT2D eigenvalue weighted by Crippen LogP contribution is 2.35. The summed E-state index contributed by atoms with van der Waals surface area (Å²) in [6.07, 6.45) is 2.13. The van der Waals surface area contributed by atoms with Crippen LogP contribution in [0.25, 0.3) is 0 Å². The molecule has 0 saturated carbocycles. The van der Waals surface area contributed by atoms with Crippen molar-refractivity contribution in [3.63, 3.8) is 0 Å². The van der Waals surface area contributed by atoms with Crippen molar-refractivity contribution in [1.82, 2.24) is 31.5 Å². The van der Waals surface area contributed by atoms with Crippen LogP contribution < -0.4 is 40.8 Å². The molecule has 0 unspecified atom stereocenters. The average molecular weight is 773 g/mol. The Hall–Kier alpha value is -6.12. The van der Waals surface area contributed by atoms with Gasteiger partial charge in [0, 0.05) is 56.7 Å². The van der Waals surface area contributed by atoms with Gasteiger partial charge in [-0.05, 0) is 74.9 Å². The van der Waals surface area contributed by atoms with E-state index >= 15 is 0 Å². The van der Waals surface area contributed by atoms with Gasteiger partial charge in [0.05, 0.1) is 20.8 Å². The monoisotopic (exact) mass is 772 g/mol. The zero-order valence-corrected chi connectivity index (χ0v) is 32.4. The number of amides is 6. The van der Waals surface area contributed by atoms with Gasteiger partial charge in [-0.1, -0.05) is 30.3 Å². The van der Waals surface area contributed by atoms with E-state index in [-0.39, 0.29) is 50.2 Å². The molecule has 2 aliphatic heterocycles. The van der Waals surface area contributed by atoms with Gasteiger partial charge in [-0.2, -0.15) is 0 Å². The van der Waals surface area contributed by atoms with E-state index in [1.807, 2.05) is 30.3 Å². The first-order valence-corrected chi connectivity index (χ1v) is 18.7. The Balaban J connectivity index is 1.58. The van der Waals surface area contributed by atoms with Crippen LogP contribution in [-0.2, 0) is 36.9 Å². The maximum Gasteiger partial charge on any atom is 0.251 e. The molecule has 56 heavy (non-hydrogen) atoms. The SMILES string of the molecule is COc1cc2ccc1CNC(=O)[C@H](C)NC(=O)[C@H](CCc1ccccc1)NC(=O)CN(C(=O)CCCNC(C)=O)CCCCNC(=O)c1ccc(OC)c(c1)O2. The first-order chi connectivity index (χ1) is 27.0. The molecule has 4 bridgehead atoms. The fraction of sp³-hybridized carbons (Fsp3) is 0.415. The lowest BCUT2D eigenvalue weighted by Crippen LogP contribution is -2.54. The minimum Gasteiger partial charge on any atom is -0.496 e. The number of hydrogen-bond donors (Lipinski definition) is 5. The largest absolute Gasteiger partial charge is 0.496 e. The van der Waals surface area contributed by atoms with Crippen molar-refractivity contribution in [2.45, 2.75) is 71.0 Å². The Morgan fingerprint density at radius 1 is 0.893 bits per heavy atom. The Morgan fingerprint density at radius 2 is 1.66 bits per heavy atom. The number of nitrogens with one attached hydrogen (secondary N) is 5. The second kappa shape index (κ2) is 21.7. The number of ether oxygens (including phenoxy) is 3. The molecule has 15 heteroatoms. The standard InChI is InChI=1S/C41H52N6O9/c1-27-39(51)44-25-31-15-17-32(24-35(31)55-4)56-36-23-30(16-19-34(36)54-3)40(52)43-20-8-9-22-47(38(50)13-10-21-42-28(2)48)26-37(49)46-33(41(53)45-27)18-14-29-11-6-5-7-12-29/h5-7,11-12,15-17,19,23-24,27,33H,8-10,13-14,18,20-22,25-26H2,1-4H3,(H,42,48)(H,43,52)(H,44,51)(H,45,53)(H,46,49)/t27-,33-/m0/s1. The fourth-order valence-electron chi connectivity index (χ4n) is 6.00. The summed E-state index contributed by atoms with van der Waals surface area (Å²) in [4.78, 5) is 79.7. The molecule has 3 aromatic rings. The van der Waals surface area contributed by atoms with Crippen molar-refractivity contribution in [3.8, 4) is 23.0 Å². The van der Waals surface area contributed by atoms with E-state index in [0.29, 0.717) is 72.9 Å². The predicted molar refractivity (Wildman–Crippen MR) is 208 cm³/mol. The molecule has 2 heterocycles. The highest BCUT2D eigenvalue weighted by molar-refractivity contribution is 5.95. The summed E-state index contributed by atoms with van der Waals surface area (Å²) in [5, 5.41) is 13.9. The van der Waals surface area contributed by atoms with E-state index in [1.165, 1.54) is 26.0 Å². The first kappa shape index (κ1) is 42.6. The highest BCUT2D eigenvalue weighted by Gasteiger charge is 2.26. The molecule has 5 N–H and O–H groups in total. The number of methoxy groups -OCH3 is 2. The molecular weight excluding hydrogens is 720 g/mol. The third-order valence-electron chi connectivity index (χ3n) is 9.10. The van der Waals surface area contributed by atoms with E-state index in [9.17, 15) is 28.8 Å². The summed E-state index contributed by atoms with van der Waals surface area (Å²) in [5.41, 5.74) is 1.93. The smallest absolute Gasteiger partial charge is 0.251 e. The number of benzene rings is 3. The second-order valence-corrected chi connectivity index (χ2v) is 13.4. The van der Waals surface area contributed by atoms with Crippen LogP contribution in [0.15, 0.2) is 66.7 Å². The molecule has 0 aromatic heterocycles. The minimum absolute atomic E-state index is 0.0737. The molecule has 0 radical (unpaired) electrons. The fourth-order valence-corrected chi connectivity index (χ4v) is 6.00. The van der Waals surface area contributed by atoms with Crippen molar-refractivity contribution in [1.29, 1.82) is 0 Å². The van der Waals surface area contributed by atoms with Gasteiger partial charge in [0.2, 0.25) is 29.5 Å². The first-order valence-electron chi connectivity index (χ1n) is 18.7. The lowest BCUT2D eigenvalue weighted by Gasteiger charge is -2.25. The Labute approximate surface area is 327 Å². The van der Waals surface area contributed by atoms with Crippen LogP contribution in [0, 0.1) is 0 Å². The topological polar surface area (TPSA) is 193 Å². The maximum atomic E-state index is 13.7. The molecule has 0 spiro atoms. The van der Waals surface area contributed by atoms with E-state index < -0.39 is 29.8 Å². The van der Waals surface area contributed by atoms with Crippen molar-refractivity contribution in [2.75, 3.05) is 40.4 Å². The Bertz CT molecular complexity index is 1840. The molecule has 6 amide bonds. The van der Waals surface area contributed by atoms with Crippen LogP contribution in [0.2, 0.25) is 0 Å². The lowest BCUT2D eigenvalue weighted by atomic mass is 10.0. The summed E-state index contributed by atoms with van der Waals surface area (Å²) in [6.45, 7) is 3.51. The summed E-state index contributed by atoms with van der Waals surface area (Å²) in [7, 11) is 2.98. The maximum absolute atomic E-state index is 13.7. The van der Waals surface area contributed by atoms with Crippen LogP contribution >= 0.6 is 0 Å². The third kappa shape index (κ3) is 13.3. The molecule has 300 valence electrons. The molecule has 0 aliphatic carbocycles. The number of nitrogens with zero attached hydrogens (tertiary/aromatic N) is 1. The molecule has 3 aromatic carbocycles. The van der Waals surface area contributed by atoms with Crippen LogP contribution in [-0.4, -0.2) is 92.8 Å². The van der Waals surface area contributed by atoms with Crippen LogP contribution in [0.3, 0.4) is 0 Å². The van der Waals surface area contributed by atoms with E-state index in [0.717, 1.165) is 5.56 Å². The van der Waals surface area contributed by atoms with E-state index in [1.54, 1.807) is 43.3 Å². The molecule has 2 aliphatic rings. The van der Waals surface area contributed by atoms with Gasteiger partial charge < -0.3 is 45.7 Å². The third-order valence-corrected chi connectivity index (χ3v) is 9.10. The van der Waals surface area contributed by atoms with Gasteiger partial charge in [-0.3, -0.25) is 28.8 Å². The quantitative estimate of drug-likeness (QED) is 0.161. The molecule has 0 saturated heterocycles. The van der Waals surface area contributed by atoms with Crippen LogP contribution in [0.1, 0.15) is 67.4 Å². The van der Waals surface area contributed by atoms with Gasteiger partial charge in [0.1, 0.15) is 23.6 Å². The number of hydrogen-bond acceptors (Lipinski definition) is 9. The van der Waals surface area contributed by atoms with Gasteiger partial charge in [-0.25, -0.2) is 0 Å². The van der Waals surface area contributed by atoms with Crippen LogP contribution in [0.4, 0.5) is 0 Å². The minimum atomic E-state index is -1.01. The Morgan fingerprint density at radius 3 is 2.39 bits per heavy atom. The molecular formula is C41H52N6O9. The van der Waals surface area contributed by atoms with Crippen molar-refractivity contribution >= 4 is 35.4 Å². The molecule has 5 rings (SSSR count). The van der Waals surface area contributed by atoms with Crippen LogP contribution in [0.5, 0.6) is 23.0 Å². The van der Waals surface area contributed by atoms with Crippen molar-refractivity contribution in [3.05, 3.63) is 83.4 Å². The zero-order valence-electron chi connectivity index (χ0n) is 32.4. The van der Waals surface area contributed by atoms with Gasteiger partial charge >= 0.3 is 0 Å². The average Bonchev–Trinajstić information content (AvgIpc) is 3.19. The van der Waals surface area contributed by atoms with Gasteiger partial charge in [0.15, 0.2) is 11.5 Å². The normalized spacial score (nSPS) is 17.5.